The first-order chi connectivity index (χ1) is 7.67. The molecule has 0 bridgehead atoms. The Morgan fingerprint density at radius 2 is 1.88 bits per heavy atom. The average molecular weight is 275 g/mol. The van der Waals surface area contributed by atoms with Gasteiger partial charge in [0.15, 0.2) is 0 Å². The molecule has 0 aromatic rings. The van der Waals surface area contributed by atoms with Crippen LogP contribution in [0.1, 0.15) is 20.3 Å². The third-order valence-corrected chi connectivity index (χ3v) is 1.99. The Kier molecular flexibility index (Phi) is 6.30. The van der Waals surface area contributed by atoms with Gasteiger partial charge in [-0.2, -0.15) is 13.2 Å². The van der Waals surface area contributed by atoms with E-state index < -0.39 is 30.7 Å². The van der Waals surface area contributed by atoms with Crippen molar-refractivity contribution >= 4 is 23.5 Å². The fourth-order valence-electron chi connectivity index (χ4n) is 1.02. The van der Waals surface area contributed by atoms with Gasteiger partial charge in [0.2, 0.25) is 5.91 Å². The summed E-state index contributed by atoms with van der Waals surface area (Å²) < 4.78 is 36.6. The second kappa shape index (κ2) is 6.68. The van der Waals surface area contributed by atoms with Crippen LogP contribution in [0.25, 0.3) is 0 Å². The van der Waals surface area contributed by atoms with E-state index in [2.05, 4.69) is 0 Å². The van der Waals surface area contributed by atoms with Gasteiger partial charge in [0.1, 0.15) is 6.54 Å². The number of imide groups is 1. The van der Waals surface area contributed by atoms with E-state index in [1.807, 2.05) is 5.32 Å². The van der Waals surface area contributed by atoms with Crippen LogP contribution in [0, 0.1) is 0 Å². The summed E-state index contributed by atoms with van der Waals surface area (Å²) in [5.74, 6) is -0.696. The van der Waals surface area contributed by atoms with E-state index in [1.165, 1.54) is 13.8 Å². The molecule has 8 heteroatoms. The minimum Gasteiger partial charge on any atom is -0.313 e. The monoisotopic (exact) mass is 274 g/mol. The molecule has 0 aromatic carbocycles. The summed E-state index contributed by atoms with van der Waals surface area (Å²) in [5, 5.41) is 1.85. The van der Waals surface area contributed by atoms with Gasteiger partial charge in [-0.3, -0.25) is 10.1 Å². The molecule has 0 radical (unpaired) electrons. The fraction of sp³-hybridized carbons (Fsp3) is 0.778. The van der Waals surface area contributed by atoms with Crippen molar-refractivity contribution in [1.82, 2.24) is 10.2 Å². The second-order valence-electron chi connectivity index (χ2n) is 3.63. The van der Waals surface area contributed by atoms with Gasteiger partial charge in [0.25, 0.3) is 0 Å². The summed E-state index contributed by atoms with van der Waals surface area (Å²) in [4.78, 5) is 23.0. The van der Waals surface area contributed by atoms with E-state index >= 15 is 0 Å². The van der Waals surface area contributed by atoms with Crippen molar-refractivity contribution in [2.24, 2.45) is 0 Å². The van der Waals surface area contributed by atoms with Crippen molar-refractivity contribution < 1.29 is 22.8 Å². The first-order valence-electron chi connectivity index (χ1n) is 4.90. The first-order valence-corrected chi connectivity index (χ1v) is 5.44. The maximum atomic E-state index is 12.2. The van der Waals surface area contributed by atoms with Gasteiger partial charge >= 0.3 is 12.2 Å². The molecule has 4 nitrogen and oxygen atoms in total. The highest BCUT2D eigenvalue weighted by Crippen LogP contribution is 2.18. The Morgan fingerprint density at radius 1 is 1.35 bits per heavy atom. The lowest BCUT2D eigenvalue weighted by atomic mass is 10.3. The van der Waals surface area contributed by atoms with Gasteiger partial charge in [-0.1, -0.05) is 0 Å². The lowest BCUT2D eigenvalue weighted by Crippen LogP contribution is -2.49. The van der Waals surface area contributed by atoms with Crippen LogP contribution in [0.15, 0.2) is 0 Å². The molecule has 0 saturated heterocycles. The molecule has 0 spiro atoms. The zero-order chi connectivity index (χ0) is 13.6. The number of nitrogens with one attached hydrogen (secondary N) is 1. The molecule has 0 unspecified atom stereocenters. The third kappa shape index (κ3) is 7.04. The molecular weight excluding hydrogens is 261 g/mol. The second-order valence-corrected chi connectivity index (χ2v) is 4.01. The van der Waals surface area contributed by atoms with E-state index in [0.29, 0.717) is 4.90 Å². The molecular formula is C9H14ClF3N2O2. The van der Waals surface area contributed by atoms with Gasteiger partial charge in [0, 0.05) is 18.3 Å². The lowest BCUT2D eigenvalue weighted by molar-refractivity contribution is -0.143. The topological polar surface area (TPSA) is 49.4 Å². The molecule has 3 amide bonds. The van der Waals surface area contributed by atoms with Crippen molar-refractivity contribution in [3.8, 4) is 0 Å². The van der Waals surface area contributed by atoms with Crippen LogP contribution >= 0.6 is 11.6 Å². The molecule has 0 aromatic heterocycles. The van der Waals surface area contributed by atoms with Crippen LogP contribution < -0.4 is 5.32 Å². The van der Waals surface area contributed by atoms with Crippen LogP contribution in [0.5, 0.6) is 0 Å². The van der Waals surface area contributed by atoms with E-state index in [1.54, 1.807) is 0 Å². The zero-order valence-electron chi connectivity index (χ0n) is 9.47. The maximum Gasteiger partial charge on any atom is 0.406 e. The summed E-state index contributed by atoms with van der Waals surface area (Å²) >= 11 is 5.26. The predicted molar refractivity (Wildman–Crippen MR) is 56.8 cm³/mol. The Balaban J connectivity index is 4.51. The number of urea groups is 1. The normalized spacial score (nSPS) is 11.5. The number of hydrogen-bond acceptors (Lipinski definition) is 2. The van der Waals surface area contributed by atoms with Crippen LogP contribution in [0.2, 0.25) is 0 Å². The van der Waals surface area contributed by atoms with E-state index in [9.17, 15) is 22.8 Å². The number of carbonyl (C=O) groups is 2. The number of rotatable bonds is 4. The van der Waals surface area contributed by atoms with Crippen molar-refractivity contribution in [2.45, 2.75) is 32.5 Å². The number of halogens is 4. The van der Waals surface area contributed by atoms with Gasteiger partial charge in [-0.05, 0) is 13.8 Å². The summed E-state index contributed by atoms with van der Waals surface area (Å²) in [7, 11) is 0. The first kappa shape index (κ1) is 16.0. The summed E-state index contributed by atoms with van der Waals surface area (Å²) in [6.07, 6.45) is -4.62. The van der Waals surface area contributed by atoms with Crippen molar-refractivity contribution in [1.29, 1.82) is 0 Å². The third-order valence-electron chi connectivity index (χ3n) is 1.80. The molecule has 0 heterocycles. The SMILES string of the molecule is CC(C)N(CC(F)(F)F)C(=O)NC(=O)CCCl. The summed E-state index contributed by atoms with van der Waals surface area (Å²) in [6, 6.07) is -1.73. The number of amides is 3. The summed E-state index contributed by atoms with van der Waals surface area (Å²) in [5.41, 5.74) is 0. The van der Waals surface area contributed by atoms with Crippen LogP contribution in [-0.2, 0) is 4.79 Å². The minimum absolute atomic E-state index is 0.0000622. The molecule has 0 rings (SSSR count). The van der Waals surface area contributed by atoms with Gasteiger partial charge in [-0.15, -0.1) is 11.6 Å². The zero-order valence-corrected chi connectivity index (χ0v) is 10.2. The quantitative estimate of drug-likeness (QED) is 0.799. The van der Waals surface area contributed by atoms with Gasteiger partial charge in [-0.25, -0.2) is 4.79 Å². The standard InChI is InChI=1S/C9H14ClF3N2O2/c1-6(2)15(5-9(11,12)13)8(17)14-7(16)3-4-10/h6H,3-5H2,1-2H3,(H,14,16,17). The molecule has 0 aliphatic heterocycles. The Bertz CT molecular complexity index is 282. The number of carbonyl (C=O) groups excluding carboxylic acids is 2. The minimum atomic E-state index is -4.50. The molecule has 0 fully saturated rings. The Labute approximate surface area is 102 Å². The maximum absolute atomic E-state index is 12.2. The molecule has 17 heavy (non-hydrogen) atoms. The Hall–Kier alpha value is -0.980. The van der Waals surface area contributed by atoms with Crippen molar-refractivity contribution in [2.75, 3.05) is 12.4 Å². The molecule has 0 aliphatic carbocycles. The number of nitrogens with zero attached hydrogens (tertiary/aromatic N) is 1. The highest BCUT2D eigenvalue weighted by atomic mass is 35.5. The molecule has 0 aliphatic rings. The smallest absolute Gasteiger partial charge is 0.313 e. The number of alkyl halides is 4. The van der Waals surface area contributed by atoms with Gasteiger partial charge < -0.3 is 4.90 Å². The van der Waals surface area contributed by atoms with Crippen molar-refractivity contribution in [3.63, 3.8) is 0 Å². The fourth-order valence-corrected chi connectivity index (χ4v) is 1.19. The lowest BCUT2D eigenvalue weighted by Gasteiger charge is -2.27. The van der Waals surface area contributed by atoms with E-state index in [0.717, 1.165) is 0 Å². The van der Waals surface area contributed by atoms with Gasteiger partial charge in [0.05, 0.1) is 0 Å². The van der Waals surface area contributed by atoms with E-state index in [-0.39, 0.29) is 12.3 Å². The number of hydrogen-bond donors (Lipinski definition) is 1. The molecule has 100 valence electrons. The molecule has 1 N–H and O–H groups in total. The summed E-state index contributed by atoms with van der Waals surface area (Å²) in [6.45, 7) is 1.46. The highest BCUT2D eigenvalue weighted by Gasteiger charge is 2.34. The largest absolute Gasteiger partial charge is 0.406 e. The van der Waals surface area contributed by atoms with Crippen LogP contribution in [-0.4, -0.2) is 41.5 Å². The predicted octanol–water partition coefficient (Wildman–Crippen LogP) is 2.12. The molecule has 0 saturated carbocycles. The van der Waals surface area contributed by atoms with Crippen LogP contribution in [0.4, 0.5) is 18.0 Å². The molecule has 0 atom stereocenters. The van der Waals surface area contributed by atoms with Crippen LogP contribution in [0.3, 0.4) is 0 Å². The average Bonchev–Trinajstić information content (AvgIpc) is 2.12. The Morgan fingerprint density at radius 3 is 2.24 bits per heavy atom. The van der Waals surface area contributed by atoms with Crippen molar-refractivity contribution in [3.05, 3.63) is 0 Å². The highest BCUT2D eigenvalue weighted by molar-refractivity contribution is 6.19. The van der Waals surface area contributed by atoms with E-state index in [4.69, 9.17) is 11.6 Å².